The average molecular weight is 222 g/mol. The molecule has 0 unspecified atom stereocenters. The number of benzene rings is 1. The molecule has 2 rings (SSSR count). The van der Waals surface area contributed by atoms with Gasteiger partial charge in [0.2, 0.25) is 0 Å². The summed E-state index contributed by atoms with van der Waals surface area (Å²) in [5.41, 5.74) is 0.104. The fraction of sp³-hybridized carbons (Fsp3) is 0.364. The Kier molecular flexibility index (Phi) is 2.96. The number of phenols is 2. The maximum atomic E-state index is 11.8. The Morgan fingerprint density at radius 3 is 2.94 bits per heavy atom. The monoisotopic (exact) mass is 222 g/mol. The van der Waals surface area contributed by atoms with Crippen molar-refractivity contribution >= 4 is 5.91 Å². The van der Waals surface area contributed by atoms with E-state index in [9.17, 15) is 15.0 Å². The second-order valence-electron chi connectivity index (χ2n) is 3.86. The van der Waals surface area contributed by atoms with Gasteiger partial charge in [0.1, 0.15) is 11.5 Å². The molecule has 0 aliphatic carbocycles. The number of carbonyl (C=O) groups excluding carboxylic acids is 1. The Morgan fingerprint density at radius 1 is 1.44 bits per heavy atom. The molecule has 5 nitrogen and oxygen atoms in total. The number of hydrogen-bond acceptors (Lipinski definition) is 4. The minimum atomic E-state index is -0.359. The fourth-order valence-electron chi connectivity index (χ4n) is 1.75. The van der Waals surface area contributed by atoms with Gasteiger partial charge < -0.3 is 20.8 Å². The smallest absolute Gasteiger partial charge is 0.255 e. The number of hydrogen-bond donors (Lipinski definition) is 4. The minimum absolute atomic E-state index is 0.0347. The third-order valence-corrected chi connectivity index (χ3v) is 2.62. The van der Waals surface area contributed by atoms with Crippen LogP contribution in [0.25, 0.3) is 0 Å². The molecule has 0 bridgehead atoms. The molecule has 4 N–H and O–H groups in total. The van der Waals surface area contributed by atoms with Crippen LogP contribution in [0.3, 0.4) is 0 Å². The van der Waals surface area contributed by atoms with E-state index in [0.717, 1.165) is 19.5 Å². The molecule has 1 aromatic rings. The molecule has 1 aliphatic rings. The first-order valence-corrected chi connectivity index (χ1v) is 5.20. The van der Waals surface area contributed by atoms with Crippen molar-refractivity contribution < 1.29 is 15.0 Å². The van der Waals surface area contributed by atoms with Gasteiger partial charge in [-0.1, -0.05) is 0 Å². The van der Waals surface area contributed by atoms with Crippen molar-refractivity contribution in [2.75, 3.05) is 13.1 Å². The molecular formula is C11H14N2O3. The van der Waals surface area contributed by atoms with E-state index in [1.165, 1.54) is 18.2 Å². The summed E-state index contributed by atoms with van der Waals surface area (Å²) in [4.78, 5) is 11.8. The van der Waals surface area contributed by atoms with Crippen LogP contribution in [-0.4, -0.2) is 35.3 Å². The van der Waals surface area contributed by atoms with E-state index in [1.807, 2.05) is 0 Å². The summed E-state index contributed by atoms with van der Waals surface area (Å²) in [6, 6.07) is 3.99. The van der Waals surface area contributed by atoms with Crippen LogP contribution in [0.4, 0.5) is 0 Å². The van der Waals surface area contributed by atoms with Crippen molar-refractivity contribution in [3.8, 4) is 11.5 Å². The second kappa shape index (κ2) is 4.40. The van der Waals surface area contributed by atoms with Gasteiger partial charge in [0, 0.05) is 12.6 Å². The van der Waals surface area contributed by atoms with E-state index in [-0.39, 0.29) is 29.0 Å². The van der Waals surface area contributed by atoms with Crippen molar-refractivity contribution in [3.63, 3.8) is 0 Å². The van der Waals surface area contributed by atoms with Gasteiger partial charge in [-0.25, -0.2) is 0 Å². The SMILES string of the molecule is O=C(N[C@H]1CCNC1)c1cc(O)ccc1O. The van der Waals surface area contributed by atoms with Crippen molar-refractivity contribution in [3.05, 3.63) is 23.8 Å². The Labute approximate surface area is 93.1 Å². The molecule has 1 aliphatic heterocycles. The minimum Gasteiger partial charge on any atom is -0.508 e. The van der Waals surface area contributed by atoms with Crippen LogP contribution < -0.4 is 10.6 Å². The molecule has 1 amide bonds. The number of aromatic hydroxyl groups is 2. The number of nitrogens with one attached hydrogen (secondary N) is 2. The van der Waals surface area contributed by atoms with Crippen LogP contribution >= 0.6 is 0 Å². The zero-order valence-electron chi connectivity index (χ0n) is 8.73. The Morgan fingerprint density at radius 2 is 2.25 bits per heavy atom. The highest BCUT2D eigenvalue weighted by atomic mass is 16.3. The zero-order chi connectivity index (χ0) is 11.5. The Hall–Kier alpha value is -1.75. The molecule has 86 valence electrons. The van der Waals surface area contributed by atoms with Crippen LogP contribution in [-0.2, 0) is 0 Å². The second-order valence-corrected chi connectivity index (χ2v) is 3.86. The molecule has 1 atom stereocenters. The number of phenolic OH excluding ortho intramolecular Hbond substituents is 2. The first-order chi connectivity index (χ1) is 7.66. The van der Waals surface area contributed by atoms with Gasteiger partial charge in [0.25, 0.3) is 5.91 Å². The van der Waals surface area contributed by atoms with Crippen LogP contribution in [0.15, 0.2) is 18.2 Å². The standard InChI is InChI=1S/C11H14N2O3/c14-8-1-2-10(15)9(5-8)11(16)13-7-3-4-12-6-7/h1-2,5,7,12,14-15H,3-4,6H2,(H,13,16)/t7-/m0/s1. The van der Waals surface area contributed by atoms with E-state index in [2.05, 4.69) is 10.6 Å². The van der Waals surface area contributed by atoms with Crippen LogP contribution in [0, 0.1) is 0 Å². The van der Waals surface area contributed by atoms with Gasteiger partial charge in [-0.2, -0.15) is 0 Å². The normalized spacial score (nSPS) is 19.6. The third-order valence-electron chi connectivity index (χ3n) is 2.62. The number of carbonyl (C=O) groups is 1. The molecule has 1 saturated heterocycles. The van der Waals surface area contributed by atoms with Gasteiger partial charge in [-0.05, 0) is 31.2 Å². The van der Waals surface area contributed by atoms with Gasteiger partial charge in [0.05, 0.1) is 5.56 Å². The summed E-state index contributed by atoms with van der Waals surface area (Å²) in [7, 11) is 0. The first-order valence-electron chi connectivity index (χ1n) is 5.20. The first kappa shape index (κ1) is 10.8. The van der Waals surface area contributed by atoms with Gasteiger partial charge in [-0.3, -0.25) is 4.79 Å². The maximum Gasteiger partial charge on any atom is 0.255 e. The third kappa shape index (κ3) is 2.25. The summed E-state index contributed by atoms with van der Waals surface area (Å²) >= 11 is 0. The highest BCUT2D eigenvalue weighted by Gasteiger charge is 2.19. The molecule has 0 spiro atoms. The van der Waals surface area contributed by atoms with E-state index in [1.54, 1.807) is 0 Å². The van der Waals surface area contributed by atoms with Crippen molar-refractivity contribution in [1.29, 1.82) is 0 Å². The number of amides is 1. The van der Waals surface area contributed by atoms with E-state index in [4.69, 9.17) is 0 Å². The largest absolute Gasteiger partial charge is 0.508 e. The van der Waals surface area contributed by atoms with E-state index >= 15 is 0 Å². The lowest BCUT2D eigenvalue weighted by atomic mass is 10.1. The predicted molar refractivity (Wildman–Crippen MR) is 58.5 cm³/mol. The summed E-state index contributed by atoms with van der Waals surface area (Å²) in [5, 5.41) is 24.7. The molecule has 16 heavy (non-hydrogen) atoms. The molecule has 1 fully saturated rings. The quantitative estimate of drug-likeness (QED) is 0.538. The molecule has 0 radical (unpaired) electrons. The maximum absolute atomic E-state index is 11.8. The van der Waals surface area contributed by atoms with Crippen molar-refractivity contribution in [1.82, 2.24) is 10.6 Å². The van der Waals surface area contributed by atoms with Crippen LogP contribution in [0.5, 0.6) is 11.5 Å². The summed E-state index contributed by atoms with van der Waals surface area (Å²) in [5.74, 6) is -0.518. The molecule has 0 aromatic heterocycles. The predicted octanol–water partition coefficient (Wildman–Crippen LogP) is 0.189. The van der Waals surface area contributed by atoms with Crippen molar-refractivity contribution in [2.24, 2.45) is 0 Å². The zero-order valence-corrected chi connectivity index (χ0v) is 8.73. The molecule has 5 heteroatoms. The van der Waals surface area contributed by atoms with Crippen LogP contribution in [0.1, 0.15) is 16.8 Å². The van der Waals surface area contributed by atoms with E-state index < -0.39 is 0 Å². The van der Waals surface area contributed by atoms with Gasteiger partial charge in [-0.15, -0.1) is 0 Å². The lowest BCUT2D eigenvalue weighted by molar-refractivity contribution is 0.0937. The molecule has 1 heterocycles. The van der Waals surface area contributed by atoms with Gasteiger partial charge in [0.15, 0.2) is 0 Å². The summed E-state index contributed by atoms with van der Waals surface area (Å²) < 4.78 is 0. The lowest BCUT2D eigenvalue weighted by Gasteiger charge is -2.12. The number of rotatable bonds is 2. The van der Waals surface area contributed by atoms with E-state index in [0.29, 0.717) is 0 Å². The highest BCUT2D eigenvalue weighted by Crippen LogP contribution is 2.22. The summed E-state index contributed by atoms with van der Waals surface area (Å²) in [6.45, 7) is 1.63. The molecular weight excluding hydrogens is 208 g/mol. The van der Waals surface area contributed by atoms with Gasteiger partial charge >= 0.3 is 0 Å². The Bertz CT molecular complexity index is 400. The fourth-order valence-corrected chi connectivity index (χ4v) is 1.75. The molecule has 0 saturated carbocycles. The lowest BCUT2D eigenvalue weighted by Crippen LogP contribution is -2.36. The summed E-state index contributed by atoms with van der Waals surface area (Å²) in [6.07, 6.45) is 0.880. The average Bonchev–Trinajstić information content (AvgIpc) is 2.74. The molecule has 1 aromatic carbocycles. The van der Waals surface area contributed by atoms with Crippen LogP contribution in [0.2, 0.25) is 0 Å². The Balaban J connectivity index is 2.10. The van der Waals surface area contributed by atoms with Crippen molar-refractivity contribution in [2.45, 2.75) is 12.5 Å². The topological polar surface area (TPSA) is 81.6 Å². The highest BCUT2D eigenvalue weighted by molar-refractivity contribution is 5.97.